The smallest absolute Gasteiger partial charge is 0.351 e. The maximum atomic E-state index is 12.3. The number of hydrogen-bond donors (Lipinski definition) is 3. The molecule has 0 spiro atoms. The van der Waals surface area contributed by atoms with Crippen LogP contribution in [-0.4, -0.2) is 63.6 Å². The molecule has 162 valence electrons. The zero-order chi connectivity index (χ0) is 21.8. The topological polar surface area (TPSA) is 181 Å². The van der Waals surface area contributed by atoms with Crippen molar-refractivity contribution in [2.45, 2.75) is 43.9 Å². The Kier molecular flexibility index (Phi) is 6.44. The first-order valence-corrected chi connectivity index (χ1v) is 9.00. The number of nitrogens with zero attached hydrogens (tertiary/aromatic N) is 2. The predicted molar refractivity (Wildman–Crippen MR) is 95.9 cm³/mol. The summed E-state index contributed by atoms with van der Waals surface area (Å²) in [7, 11) is 0. The third-order valence-electron chi connectivity index (χ3n) is 4.50. The zero-order valence-electron chi connectivity index (χ0n) is 15.8. The number of esters is 3. The van der Waals surface area contributed by atoms with Crippen LogP contribution in [0, 0.1) is 0 Å². The summed E-state index contributed by atoms with van der Waals surface area (Å²) in [5.41, 5.74) is 6.51. The van der Waals surface area contributed by atoms with E-state index in [-0.39, 0.29) is 12.4 Å². The van der Waals surface area contributed by atoms with E-state index in [4.69, 9.17) is 29.9 Å². The van der Waals surface area contributed by atoms with Crippen molar-refractivity contribution in [1.29, 1.82) is 0 Å². The van der Waals surface area contributed by atoms with Gasteiger partial charge in [-0.25, -0.2) is 14.4 Å². The van der Waals surface area contributed by atoms with E-state index >= 15 is 0 Å². The van der Waals surface area contributed by atoms with Gasteiger partial charge in [-0.2, -0.15) is 4.98 Å². The fraction of sp³-hybridized carbons (Fsp3) is 0.471. The van der Waals surface area contributed by atoms with Crippen molar-refractivity contribution in [2.75, 3.05) is 12.1 Å². The highest BCUT2D eigenvalue weighted by atomic mass is 16.7. The van der Waals surface area contributed by atoms with E-state index in [2.05, 4.69) is 4.98 Å². The number of rotatable bonds is 6. The molecular weight excluding hydrogens is 404 g/mol. The number of anilines is 1. The summed E-state index contributed by atoms with van der Waals surface area (Å²) in [6.07, 6.45) is -1.36. The molecule has 1 aromatic heterocycles. The van der Waals surface area contributed by atoms with Gasteiger partial charge in [-0.3, -0.25) is 20.0 Å². The lowest BCUT2D eigenvalue weighted by molar-refractivity contribution is -0.165. The summed E-state index contributed by atoms with van der Waals surface area (Å²) in [4.78, 5) is 51.7. The van der Waals surface area contributed by atoms with Gasteiger partial charge in [0.05, 0.1) is 0 Å². The lowest BCUT2D eigenvalue weighted by atomic mass is 10.1. The van der Waals surface area contributed by atoms with Crippen molar-refractivity contribution >= 4 is 23.7 Å². The van der Waals surface area contributed by atoms with Crippen LogP contribution in [0.1, 0.15) is 19.6 Å². The van der Waals surface area contributed by atoms with Crippen LogP contribution in [0.3, 0.4) is 0 Å². The Morgan fingerprint density at radius 3 is 2.57 bits per heavy atom. The Labute approximate surface area is 169 Å². The predicted octanol–water partition coefficient (Wildman–Crippen LogP) is -1.38. The molecule has 0 amide bonds. The zero-order valence-corrected chi connectivity index (χ0v) is 15.8. The number of ether oxygens (including phenoxy) is 4. The summed E-state index contributed by atoms with van der Waals surface area (Å²) in [6.45, 7) is 1.34. The van der Waals surface area contributed by atoms with Gasteiger partial charge < -0.3 is 24.7 Å². The normalized spacial score (nSPS) is 27.7. The van der Waals surface area contributed by atoms with Gasteiger partial charge in [-0.1, -0.05) is 6.92 Å². The van der Waals surface area contributed by atoms with E-state index in [1.54, 1.807) is 12.4 Å². The van der Waals surface area contributed by atoms with Crippen molar-refractivity contribution < 1.29 is 38.5 Å². The van der Waals surface area contributed by atoms with E-state index in [0.29, 0.717) is 6.42 Å². The monoisotopic (exact) mass is 424 g/mol. The summed E-state index contributed by atoms with van der Waals surface area (Å²) in [5.74, 6) is -2.49. The molecule has 0 aliphatic carbocycles. The minimum absolute atomic E-state index is 0.117. The summed E-state index contributed by atoms with van der Waals surface area (Å²) < 4.78 is 22.5. The van der Waals surface area contributed by atoms with Crippen LogP contribution in [0.25, 0.3) is 0 Å². The van der Waals surface area contributed by atoms with Gasteiger partial charge in [0.15, 0.2) is 24.3 Å². The molecule has 1 aromatic rings. The fourth-order valence-electron chi connectivity index (χ4n) is 2.92. The lowest BCUT2D eigenvalue weighted by Gasteiger charge is -2.25. The highest BCUT2D eigenvalue weighted by Gasteiger charge is 2.51. The second kappa shape index (κ2) is 9.02. The average molecular weight is 424 g/mol. The Bertz CT molecular complexity index is 915. The average Bonchev–Trinajstić information content (AvgIpc) is 3.04. The van der Waals surface area contributed by atoms with Crippen LogP contribution in [-0.2, 0) is 33.3 Å². The van der Waals surface area contributed by atoms with E-state index in [9.17, 15) is 19.2 Å². The Morgan fingerprint density at radius 2 is 1.97 bits per heavy atom. The van der Waals surface area contributed by atoms with Gasteiger partial charge in [0.1, 0.15) is 18.8 Å². The van der Waals surface area contributed by atoms with Gasteiger partial charge in [-0.05, 0) is 12.5 Å². The van der Waals surface area contributed by atoms with Crippen LogP contribution < -0.4 is 16.9 Å². The number of carbonyl (C=O) groups is 3. The molecule has 0 saturated carbocycles. The second-order valence-electron chi connectivity index (χ2n) is 6.46. The SMILES string of the molecule is CC[C@H](N)C(=O)OC[C@H]1O[C@@H](n2ccc(NO)nc2=O)[C@@H]2OC(=O)/C=C\C(=O)O[C@@H]21. The third-order valence-corrected chi connectivity index (χ3v) is 4.50. The van der Waals surface area contributed by atoms with Crippen molar-refractivity contribution in [3.63, 3.8) is 0 Å². The van der Waals surface area contributed by atoms with Crippen molar-refractivity contribution in [3.05, 3.63) is 34.9 Å². The van der Waals surface area contributed by atoms with Gasteiger partial charge >= 0.3 is 23.6 Å². The first-order chi connectivity index (χ1) is 14.3. The molecule has 4 N–H and O–H groups in total. The molecule has 0 unspecified atom stereocenters. The summed E-state index contributed by atoms with van der Waals surface area (Å²) >= 11 is 0. The number of carbonyl (C=O) groups excluding carboxylic acids is 3. The van der Waals surface area contributed by atoms with Crippen LogP contribution in [0.15, 0.2) is 29.2 Å². The molecule has 13 heteroatoms. The molecule has 3 rings (SSSR count). The number of hydrogen-bond acceptors (Lipinski definition) is 12. The molecular formula is C17H20N4O9. The van der Waals surface area contributed by atoms with Crippen LogP contribution >= 0.6 is 0 Å². The van der Waals surface area contributed by atoms with E-state index in [0.717, 1.165) is 16.7 Å². The van der Waals surface area contributed by atoms with Gasteiger partial charge in [0.25, 0.3) is 0 Å². The Balaban J connectivity index is 1.90. The molecule has 0 radical (unpaired) electrons. The number of nitrogens with one attached hydrogen (secondary N) is 1. The van der Waals surface area contributed by atoms with E-state index in [1.807, 2.05) is 0 Å². The van der Waals surface area contributed by atoms with Crippen LogP contribution in [0.5, 0.6) is 0 Å². The molecule has 1 saturated heterocycles. The molecule has 30 heavy (non-hydrogen) atoms. The van der Waals surface area contributed by atoms with Crippen molar-refractivity contribution in [2.24, 2.45) is 5.73 Å². The molecule has 2 aliphatic rings. The van der Waals surface area contributed by atoms with Gasteiger partial charge in [-0.15, -0.1) is 0 Å². The van der Waals surface area contributed by atoms with Gasteiger partial charge in [0.2, 0.25) is 0 Å². The van der Waals surface area contributed by atoms with Crippen molar-refractivity contribution in [1.82, 2.24) is 9.55 Å². The molecule has 0 bridgehead atoms. The highest BCUT2D eigenvalue weighted by Crippen LogP contribution is 2.34. The molecule has 2 aliphatic heterocycles. The molecule has 13 nitrogen and oxygen atoms in total. The van der Waals surface area contributed by atoms with E-state index in [1.165, 1.54) is 12.3 Å². The van der Waals surface area contributed by atoms with Crippen LogP contribution in [0.2, 0.25) is 0 Å². The van der Waals surface area contributed by atoms with Gasteiger partial charge in [0, 0.05) is 18.3 Å². The summed E-state index contributed by atoms with van der Waals surface area (Å²) in [5, 5.41) is 8.88. The van der Waals surface area contributed by atoms with Crippen LogP contribution in [0.4, 0.5) is 5.82 Å². The Hall–Kier alpha value is -3.29. The molecule has 0 aromatic carbocycles. The maximum Gasteiger partial charge on any atom is 0.351 e. The second-order valence-corrected chi connectivity index (χ2v) is 6.46. The minimum Gasteiger partial charge on any atom is -0.462 e. The maximum absolute atomic E-state index is 12.3. The highest BCUT2D eigenvalue weighted by molar-refractivity contribution is 5.92. The summed E-state index contributed by atoms with van der Waals surface area (Å²) in [6, 6.07) is 0.424. The minimum atomic E-state index is -1.24. The first-order valence-electron chi connectivity index (χ1n) is 9.00. The lowest BCUT2D eigenvalue weighted by Crippen LogP contribution is -2.43. The Morgan fingerprint density at radius 1 is 1.30 bits per heavy atom. The number of fused-ring (bicyclic) bond motifs is 1. The standard InChI is InChI=1S/C17H20N4O9/c1-2-8(18)16(24)27-7-9-13-14(30-12(23)4-3-11(22)29-13)15(28-9)21-6-5-10(20-26)19-17(21)25/h3-6,8-9,13-15,26H,2,7,18H2,1H3,(H,19,20,25)/b4-3-/t8-,9+,13+,14+,15+/m0/s1. The third kappa shape index (κ3) is 4.48. The molecule has 3 heterocycles. The first kappa shape index (κ1) is 21.4. The fourth-order valence-corrected chi connectivity index (χ4v) is 2.92. The molecule has 1 fully saturated rings. The van der Waals surface area contributed by atoms with E-state index < -0.39 is 54.2 Å². The quantitative estimate of drug-likeness (QED) is 0.277. The largest absolute Gasteiger partial charge is 0.462 e. The van der Waals surface area contributed by atoms with Crippen molar-refractivity contribution in [3.8, 4) is 0 Å². The molecule has 5 atom stereocenters. The number of aromatic nitrogens is 2. The number of nitrogens with two attached hydrogens (primary N) is 1.